The van der Waals surface area contributed by atoms with Gasteiger partial charge in [0.15, 0.2) is 0 Å². The first-order valence-electron chi connectivity index (χ1n) is 6.09. The number of hydrogen-bond acceptors (Lipinski definition) is 2. The van der Waals surface area contributed by atoms with Crippen LogP contribution >= 0.6 is 15.9 Å². The van der Waals surface area contributed by atoms with Crippen LogP contribution in [0.5, 0.6) is 0 Å². The van der Waals surface area contributed by atoms with E-state index in [1.807, 2.05) is 6.20 Å². The standard InChI is InChI=1S/C13H19BrN2/c1-10(2)11-8-12(14)13(15-9-11)16-6-4-3-5-7-16/h8-10H,3-7H2,1-2H3. The van der Waals surface area contributed by atoms with Crippen molar-refractivity contribution in [2.24, 2.45) is 0 Å². The van der Waals surface area contributed by atoms with Crippen molar-refractivity contribution in [2.75, 3.05) is 18.0 Å². The third-order valence-corrected chi connectivity index (χ3v) is 3.75. The highest BCUT2D eigenvalue weighted by Gasteiger charge is 2.15. The van der Waals surface area contributed by atoms with Gasteiger partial charge in [0, 0.05) is 19.3 Å². The van der Waals surface area contributed by atoms with Crippen LogP contribution in [0, 0.1) is 0 Å². The maximum Gasteiger partial charge on any atom is 0.142 e. The zero-order chi connectivity index (χ0) is 11.5. The number of rotatable bonds is 2. The van der Waals surface area contributed by atoms with Crippen LogP contribution in [0.15, 0.2) is 16.7 Å². The Hall–Kier alpha value is -0.570. The highest BCUT2D eigenvalue weighted by Crippen LogP contribution is 2.29. The molecular formula is C13H19BrN2. The first kappa shape index (κ1) is 11.9. The second-order valence-electron chi connectivity index (χ2n) is 4.78. The largest absolute Gasteiger partial charge is 0.356 e. The Balaban J connectivity index is 2.21. The van der Waals surface area contributed by atoms with E-state index in [-0.39, 0.29) is 0 Å². The summed E-state index contributed by atoms with van der Waals surface area (Å²) in [5, 5.41) is 0. The Morgan fingerprint density at radius 1 is 1.25 bits per heavy atom. The van der Waals surface area contributed by atoms with Gasteiger partial charge in [-0.05, 0) is 52.7 Å². The van der Waals surface area contributed by atoms with Crippen molar-refractivity contribution in [3.8, 4) is 0 Å². The topological polar surface area (TPSA) is 16.1 Å². The van der Waals surface area contributed by atoms with Crippen molar-refractivity contribution < 1.29 is 0 Å². The van der Waals surface area contributed by atoms with Gasteiger partial charge in [0.2, 0.25) is 0 Å². The Labute approximate surface area is 106 Å². The fraction of sp³-hybridized carbons (Fsp3) is 0.615. The molecule has 0 aliphatic carbocycles. The van der Waals surface area contributed by atoms with Crippen LogP contribution in [0.25, 0.3) is 0 Å². The predicted molar refractivity (Wildman–Crippen MR) is 72.1 cm³/mol. The molecule has 1 fully saturated rings. The number of anilines is 1. The van der Waals surface area contributed by atoms with E-state index in [2.05, 4.69) is 45.7 Å². The quantitative estimate of drug-likeness (QED) is 0.816. The lowest BCUT2D eigenvalue weighted by molar-refractivity contribution is 0.572. The SMILES string of the molecule is CC(C)c1cnc(N2CCCCC2)c(Br)c1. The molecule has 0 N–H and O–H groups in total. The molecule has 16 heavy (non-hydrogen) atoms. The summed E-state index contributed by atoms with van der Waals surface area (Å²) in [6.07, 6.45) is 5.96. The molecule has 1 aliphatic heterocycles. The molecule has 0 unspecified atom stereocenters. The highest BCUT2D eigenvalue weighted by atomic mass is 79.9. The van der Waals surface area contributed by atoms with Crippen molar-refractivity contribution in [1.29, 1.82) is 0 Å². The molecule has 0 radical (unpaired) electrons. The normalized spacial score (nSPS) is 16.9. The van der Waals surface area contributed by atoms with Crippen molar-refractivity contribution in [2.45, 2.75) is 39.0 Å². The van der Waals surface area contributed by atoms with Crippen LogP contribution in [0.4, 0.5) is 5.82 Å². The van der Waals surface area contributed by atoms with E-state index in [0.717, 1.165) is 23.4 Å². The van der Waals surface area contributed by atoms with E-state index < -0.39 is 0 Å². The number of nitrogens with zero attached hydrogens (tertiary/aromatic N) is 2. The number of pyridine rings is 1. The molecule has 0 atom stereocenters. The van der Waals surface area contributed by atoms with Crippen molar-refractivity contribution in [3.05, 3.63) is 22.3 Å². The lowest BCUT2D eigenvalue weighted by Gasteiger charge is -2.28. The fourth-order valence-electron chi connectivity index (χ4n) is 2.10. The van der Waals surface area contributed by atoms with Gasteiger partial charge < -0.3 is 4.90 Å². The van der Waals surface area contributed by atoms with E-state index >= 15 is 0 Å². The Morgan fingerprint density at radius 3 is 2.50 bits per heavy atom. The van der Waals surface area contributed by atoms with Gasteiger partial charge in [-0.15, -0.1) is 0 Å². The van der Waals surface area contributed by atoms with Gasteiger partial charge in [0.25, 0.3) is 0 Å². The van der Waals surface area contributed by atoms with E-state index in [9.17, 15) is 0 Å². The van der Waals surface area contributed by atoms with E-state index in [1.54, 1.807) is 0 Å². The Bertz CT molecular complexity index is 357. The minimum Gasteiger partial charge on any atom is -0.356 e. The van der Waals surface area contributed by atoms with Gasteiger partial charge >= 0.3 is 0 Å². The summed E-state index contributed by atoms with van der Waals surface area (Å²) < 4.78 is 1.14. The van der Waals surface area contributed by atoms with Gasteiger partial charge in [-0.3, -0.25) is 0 Å². The Morgan fingerprint density at radius 2 is 1.94 bits per heavy atom. The first-order chi connectivity index (χ1) is 7.68. The average Bonchev–Trinajstić information content (AvgIpc) is 2.30. The summed E-state index contributed by atoms with van der Waals surface area (Å²) in [6.45, 7) is 6.69. The molecule has 0 amide bonds. The zero-order valence-corrected chi connectivity index (χ0v) is 11.6. The maximum atomic E-state index is 4.60. The smallest absolute Gasteiger partial charge is 0.142 e. The molecule has 2 heterocycles. The number of aromatic nitrogens is 1. The molecule has 0 saturated carbocycles. The molecular weight excluding hydrogens is 264 g/mol. The Kier molecular flexibility index (Phi) is 3.85. The monoisotopic (exact) mass is 282 g/mol. The summed E-state index contributed by atoms with van der Waals surface area (Å²) in [5.41, 5.74) is 1.30. The molecule has 2 rings (SSSR count). The van der Waals surface area contributed by atoms with Gasteiger partial charge in [-0.25, -0.2) is 4.98 Å². The van der Waals surface area contributed by atoms with Gasteiger partial charge in [0.1, 0.15) is 5.82 Å². The lowest BCUT2D eigenvalue weighted by atomic mass is 10.1. The highest BCUT2D eigenvalue weighted by molar-refractivity contribution is 9.10. The second kappa shape index (κ2) is 5.17. The number of hydrogen-bond donors (Lipinski definition) is 0. The molecule has 0 bridgehead atoms. The van der Waals surface area contributed by atoms with Crippen molar-refractivity contribution in [1.82, 2.24) is 4.98 Å². The molecule has 2 nitrogen and oxygen atoms in total. The van der Waals surface area contributed by atoms with Crippen LogP contribution in [-0.4, -0.2) is 18.1 Å². The second-order valence-corrected chi connectivity index (χ2v) is 5.63. The average molecular weight is 283 g/mol. The summed E-state index contributed by atoms with van der Waals surface area (Å²) in [4.78, 5) is 6.99. The van der Waals surface area contributed by atoms with Crippen LogP contribution in [0.2, 0.25) is 0 Å². The lowest BCUT2D eigenvalue weighted by Crippen LogP contribution is -2.30. The van der Waals surface area contributed by atoms with Crippen LogP contribution in [0.3, 0.4) is 0 Å². The molecule has 0 aromatic carbocycles. The van der Waals surface area contributed by atoms with E-state index in [1.165, 1.54) is 24.8 Å². The predicted octanol–water partition coefficient (Wildman–Crippen LogP) is 3.96. The number of halogens is 1. The zero-order valence-electron chi connectivity index (χ0n) is 10.0. The van der Waals surface area contributed by atoms with Crippen molar-refractivity contribution >= 4 is 21.7 Å². The van der Waals surface area contributed by atoms with Gasteiger partial charge in [-0.2, -0.15) is 0 Å². The number of piperidine rings is 1. The van der Waals surface area contributed by atoms with Gasteiger partial charge in [-0.1, -0.05) is 13.8 Å². The fourth-order valence-corrected chi connectivity index (χ4v) is 2.72. The first-order valence-corrected chi connectivity index (χ1v) is 6.88. The van der Waals surface area contributed by atoms with Crippen LogP contribution < -0.4 is 4.90 Å². The van der Waals surface area contributed by atoms with Crippen molar-refractivity contribution in [3.63, 3.8) is 0 Å². The van der Waals surface area contributed by atoms with Gasteiger partial charge in [0.05, 0.1) is 4.47 Å². The van der Waals surface area contributed by atoms with Crippen LogP contribution in [-0.2, 0) is 0 Å². The summed E-state index contributed by atoms with van der Waals surface area (Å²) >= 11 is 3.65. The molecule has 88 valence electrons. The summed E-state index contributed by atoms with van der Waals surface area (Å²) in [7, 11) is 0. The van der Waals surface area contributed by atoms with Crippen LogP contribution in [0.1, 0.15) is 44.6 Å². The minimum absolute atomic E-state index is 0.541. The van der Waals surface area contributed by atoms with E-state index in [0.29, 0.717) is 5.92 Å². The summed E-state index contributed by atoms with van der Waals surface area (Å²) in [5.74, 6) is 1.66. The molecule has 1 aromatic heterocycles. The third-order valence-electron chi connectivity index (χ3n) is 3.17. The minimum atomic E-state index is 0.541. The molecule has 3 heteroatoms. The maximum absolute atomic E-state index is 4.60. The third kappa shape index (κ3) is 2.57. The molecule has 1 saturated heterocycles. The van der Waals surface area contributed by atoms with E-state index in [4.69, 9.17) is 0 Å². The summed E-state index contributed by atoms with van der Waals surface area (Å²) in [6, 6.07) is 2.21. The molecule has 1 aromatic rings. The molecule has 1 aliphatic rings. The molecule has 0 spiro atoms.